The molecule has 0 aliphatic heterocycles. The summed E-state index contributed by atoms with van der Waals surface area (Å²) >= 11 is 8.42. The molecule has 3 aromatic rings. The molecule has 2 saturated carbocycles. The van der Waals surface area contributed by atoms with Gasteiger partial charge in [-0.15, -0.1) is 11.8 Å². The maximum absolute atomic E-state index is 12.1. The lowest BCUT2D eigenvalue weighted by molar-refractivity contribution is -0.138. The Morgan fingerprint density at radius 2 is 1.79 bits per heavy atom. The maximum Gasteiger partial charge on any atom is 0.219 e. The average molecular weight is 699 g/mol. The summed E-state index contributed by atoms with van der Waals surface area (Å²) in [5.74, 6) is 1.50. The highest BCUT2D eigenvalue weighted by Gasteiger charge is 2.45. The number of benzene rings is 2. The summed E-state index contributed by atoms with van der Waals surface area (Å²) in [5.41, 5.74) is 4.78. The Morgan fingerprint density at radius 1 is 1.04 bits per heavy atom. The van der Waals surface area contributed by atoms with Crippen molar-refractivity contribution in [1.29, 1.82) is 0 Å². The number of para-hydroxylation sites is 1. The number of aliphatic hydroxyl groups is 5. The van der Waals surface area contributed by atoms with Crippen molar-refractivity contribution in [2.75, 3.05) is 25.4 Å². The van der Waals surface area contributed by atoms with Gasteiger partial charge in [0.25, 0.3) is 0 Å². The van der Waals surface area contributed by atoms with Crippen LogP contribution in [0.5, 0.6) is 5.75 Å². The third kappa shape index (κ3) is 9.50. The van der Waals surface area contributed by atoms with Crippen LogP contribution in [0.25, 0.3) is 11.1 Å². The predicted molar refractivity (Wildman–Crippen MR) is 187 cm³/mol. The normalized spacial score (nSPS) is 17.7. The Hall–Kier alpha value is -2.70. The lowest BCUT2D eigenvalue weighted by Gasteiger charge is -2.30. The number of ether oxygens (including phenoxy) is 1. The molecule has 2 aromatic carbocycles. The van der Waals surface area contributed by atoms with Crippen LogP contribution in [-0.4, -0.2) is 97.3 Å². The van der Waals surface area contributed by atoms with E-state index in [0.717, 1.165) is 77.5 Å². The minimum atomic E-state index is -1.73. The molecule has 0 radical (unpaired) electrons. The number of nitrogens with zero attached hydrogens (tertiary/aromatic N) is 2. The molecule has 11 heteroatoms. The van der Waals surface area contributed by atoms with Gasteiger partial charge in [0, 0.05) is 47.9 Å². The molecule has 2 aliphatic rings. The first-order valence-electron chi connectivity index (χ1n) is 16.8. The van der Waals surface area contributed by atoms with Crippen LogP contribution in [0.4, 0.5) is 0 Å². The Morgan fingerprint density at radius 3 is 2.50 bits per heavy atom. The predicted octanol–water partition coefficient (Wildman–Crippen LogP) is 4.76. The van der Waals surface area contributed by atoms with E-state index in [9.17, 15) is 25.2 Å². The molecule has 4 atom stereocenters. The van der Waals surface area contributed by atoms with E-state index in [4.69, 9.17) is 21.4 Å². The number of unbranched alkanes of at least 4 members (excludes halogenated alkanes) is 1. The molecule has 2 fully saturated rings. The molecular weight excluding hydrogens is 652 g/mol. The van der Waals surface area contributed by atoms with E-state index in [1.165, 1.54) is 23.0 Å². The minimum absolute atomic E-state index is 0.0612. The van der Waals surface area contributed by atoms with Crippen molar-refractivity contribution in [3.63, 3.8) is 0 Å². The summed E-state index contributed by atoms with van der Waals surface area (Å²) in [7, 11) is 0. The van der Waals surface area contributed by atoms with Crippen LogP contribution in [0, 0.1) is 0 Å². The van der Waals surface area contributed by atoms with Crippen LogP contribution in [0.3, 0.4) is 0 Å². The van der Waals surface area contributed by atoms with E-state index in [2.05, 4.69) is 35.3 Å². The summed E-state index contributed by atoms with van der Waals surface area (Å²) in [4.78, 5) is 19.2. The lowest BCUT2D eigenvalue weighted by atomic mass is 9.85. The van der Waals surface area contributed by atoms with Gasteiger partial charge in [-0.3, -0.25) is 9.78 Å². The van der Waals surface area contributed by atoms with Crippen molar-refractivity contribution in [3.05, 3.63) is 77.1 Å². The van der Waals surface area contributed by atoms with Gasteiger partial charge < -0.3 is 35.2 Å². The molecule has 1 amide bonds. The number of carbonyl (C=O) groups is 1. The Balaban J connectivity index is 1.14. The monoisotopic (exact) mass is 698 g/mol. The summed E-state index contributed by atoms with van der Waals surface area (Å²) < 4.78 is 6.27. The van der Waals surface area contributed by atoms with Gasteiger partial charge in [-0.05, 0) is 110 Å². The zero-order valence-corrected chi connectivity index (χ0v) is 29.0. The second-order valence-corrected chi connectivity index (χ2v) is 14.7. The summed E-state index contributed by atoms with van der Waals surface area (Å²) in [5, 5.41) is 49.6. The third-order valence-corrected chi connectivity index (χ3v) is 10.8. The van der Waals surface area contributed by atoms with Gasteiger partial charge >= 0.3 is 0 Å². The number of pyridine rings is 1. The smallest absolute Gasteiger partial charge is 0.219 e. The molecule has 0 spiro atoms. The Labute approximate surface area is 291 Å². The molecule has 5 rings (SSSR count). The molecule has 5 N–H and O–H groups in total. The molecule has 260 valence electrons. The average Bonchev–Trinajstić information content (AvgIpc) is 4.04. The van der Waals surface area contributed by atoms with Gasteiger partial charge in [0.2, 0.25) is 5.91 Å². The molecule has 2 aliphatic carbocycles. The largest absolute Gasteiger partial charge is 0.490 e. The van der Waals surface area contributed by atoms with Gasteiger partial charge in [0.05, 0.1) is 12.7 Å². The van der Waals surface area contributed by atoms with E-state index in [-0.39, 0.29) is 17.9 Å². The van der Waals surface area contributed by atoms with E-state index in [1.54, 1.807) is 11.8 Å². The zero-order valence-electron chi connectivity index (χ0n) is 27.4. The fraction of sp³-hybridized carbons (Fsp3) is 0.514. The van der Waals surface area contributed by atoms with Crippen molar-refractivity contribution in [2.24, 2.45) is 0 Å². The summed E-state index contributed by atoms with van der Waals surface area (Å²) in [6.45, 7) is 0.806. The molecule has 48 heavy (non-hydrogen) atoms. The van der Waals surface area contributed by atoms with Crippen molar-refractivity contribution >= 4 is 29.3 Å². The van der Waals surface area contributed by atoms with E-state index < -0.39 is 31.0 Å². The fourth-order valence-corrected chi connectivity index (χ4v) is 7.28. The van der Waals surface area contributed by atoms with Gasteiger partial charge in [-0.2, -0.15) is 0 Å². The van der Waals surface area contributed by atoms with Gasteiger partial charge in [-0.25, -0.2) is 0 Å². The number of aromatic nitrogens is 1. The third-order valence-electron chi connectivity index (χ3n) is 9.40. The number of thioether (sulfide) groups is 1. The second-order valence-electron chi connectivity index (χ2n) is 13.1. The van der Waals surface area contributed by atoms with Crippen LogP contribution in [-0.2, 0) is 16.6 Å². The van der Waals surface area contributed by atoms with Crippen LogP contribution >= 0.6 is 23.4 Å². The van der Waals surface area contributed by atoms with Gasteiger partial charge in [0.15, 0.2) is 0 Å². The van der Waals surface area contributed by atoms with Crippen molar-refractivity contribution < 1.29 is 35.1 Å². The molecule has 0 unspecified atom stereocenters. The fourth-order valence-electron chi connectivity index (χ4n) is 6.09. The summed E-state index contributed by atoms with van der Waals surface area (Å²) in [6, 6.07) is 16.6. The van der Waals surface area contributed by atoms with Crippen molar-refractivity contribution in [1.82, 2.24) is 9.88 Å². The second kappa shape index (κ2) is 16.8. The van der Waals surface area contributed by atoms with Crippen LogP contribution in [0.2, 0.25) is 5.02 Å². The van der Waals surface area contributed by atoms with E-state index in [0.29, 0.717) is 19.1 Å². The number of amides is 1. The SMILES string of the molecule is CC(=O)N(CCCCSc1ccc(Cl)c(CCC2(c3cnccc3-c3ccccc3OC3CC3)CC2)c1)C[C@H](O)[C@@H](O)[C@H](O)[C@H](O)CO. The Bertz CT molecular complexity index is 1520. The van der Waals surface area contributed by atoms with Crippen LogP contribution in [0.1, 0.15) is 63.0 Å². The quantitative estimate of drug-likeness (QED) is 0.0884. The maximum atomic E-state index is 12.1. The number of hydrogen-bond acceptors (Lipinski definition) is 9. The van der Waals surface area contributed by atoms with Crippen molar-refractivity contribution in [3.8, 4) is 16.9 Å². The van der Waals surface area contributed by atoms with E-state index in [1.807, 2.05) is 30.6 Å². The summed E-state index contributed by atoms with van der Waals surface area (Å²) in [6.07, 6.45) is 5.52. The number of rotatable bonds is 19. The number of halogens is 1. The molecule has 1 heterocycles. The highest BCUT2D eigenvalue weighted by Crippen LogP contribution is 2.55. The highest BCUT2D eigenvalue weighted by atomic mass is 35.5. The van der Waals surface area contributed by atoms with Crippen molar-refractivity contribution in [2.45, 2.75) is 99.1 Å². The number of aliphatic hydroxyl groups excluding tert-OH is 5. The first kappa shape index (κ1) is 36.6. The van der Waals surface area contributed by atoms with Gasteiger partial charge in [-0.1, -0.05) is 29.8 Å². The molecular formula is C37H47ClN2O7S. The minimum Gasteiger partial charge on any atom is -0.490 e. The molecule has 9 nitrogen and oxygen atoms in total. The molecule has 1 aromatic heterocycles. The number of hydrogen-bond donors (Lipinski definition) is 5. The first-order chi connectivity index (χ1) is 23.1. The van der Waals surface area contributed by atoms with Gasteiger partial charge in [0.1, 0.15) is 30.2 Å². The Kier molecular flexibility index (Phi) is 12.8. The lowest BCUT2D eigenvalue weighted by Crippen LogP contribution is -2.50. The van der Waals surface area contributed by atoms with Crippen LogP contribution in [0.15, 0.2) is 65.8 Å². The van der Waals surface area contributed by atoms with Crippen LogP contribution < -0.4 is 4.74 Å². The standard InChI is InChI=1S/C37H47ClN2O7S/c1-24(42)40(22-32(43)35(45)36(46)33(44)23-41)18-4-5-19-48-27-10-11-31(38)25(20-27)12-14-37(15-16-37)30-21-39-17-13-28(30)29-6-2-3-7-34(29)47-26-8-9-26/h2-3,6-7,10-11,13,17,20-21,26,32-33,35-36,41,43-46H,4-5,8-9,12,14-16,18-19,22-23H2,1H3/t32-,33+,35+,36+/m0/s1. The zero-order chi connectivity index (χ0) is 34.3. The molecule has 0 bridgehead atoms. The topological polar surface area (TPSA) is 144 Å². The molecule has 0 saturated heterocycles. The first-order valence-corrected chi connectivity index (χ1v) is 18.2. The number of aryl methyl sites for hydroxylation is 1. The number of carbonyl (C=O) groups excluding carboxylic acids is 1. The highest BCUT2D eigenvalue weighted by molar-refractivity contribution is 7.99. The van der Waals surface area contributed by atoms with E-state index >= 15 is 0 Å².